The number of carbonyl (C=O) groups excluding carboxylic acids is 5. The second-order valence-electron chi connectivity index (χ2n) is 15.2. The first-order chi connectivity index (χ1) is 27.5. The molecule has 5 rings (SSSR count). The molecule has 58 heavy (non-hydrogen) atoms. The quantitative estimate of drug-likeness (QED) is 0.134. The molecule has 0 saturated heterocycles. The topological polar surface area (TPSA) is 221 Å². The van der Waals surface area contributed by atoms with Gasteiger partial charge in [0.1, 0.15) is 29.2 Å². The Kier molecular flexibility index (Phi) is 16.2. The van der Waals surface area contributed by atoms with E-state index in [2.05, 4.69) is 31.9 Å². The molecule has 6 amide bonds. The Bertz CT molecular complexity index is 1980. The third-order valence-corrected chi connectivity index (χ3v) is 11.8. The highest BCUT2D eigenvalue weighted by Crippen LogP contribution is 2.17. The van der Waals surface area contributed by atoms with Crippen molar-refractivity contribution in [2.45, 2.75) is 101 Å². The van der Waals surface area contributed by atoms with Crippen molar-refractivity contribution in [3.63, 3.8) is 0 Å². The van der Waals surface area contributed by atoms with Gasteiger partial charge in [0.05, 0.1) is 17.5 Å². The summed E-state index contributed by atoms with van der Waals surface area (Å²) in [6.07, 6.45) is -1.37. The molecule has 0 saturated carbocycles. The molecule has 3 aromatic carbocycles. The molecule has 0 fully saturated rings. The number of urea groups is 1. The van der Waals surface area contributed by atoms with Crippen molar-refractivity contribution in [1.82, 2.24) is 31.9 Å². The van der Waals surface area contributed by atoms with E-state index in [-0.39, 0.29) is 23.7 Å². The molecule has 0 spiro atoms. The van der Waals surface area contributed by atoms with Crippen molar-refractivity contribution in [2.24, 2.45) is 11.8 Å². The summed E-state index contributed by atoms with van der Waals surface area (Å²) in [6, 6.07) is 16.4. The van der Waals surface area contributed by atoms with Crippen LogP contribution in [0.15, 0.2) is 83.8 Å². The van der Waals surface area contributed by atoms with Crippen LogP contribution in [0, 0.1) is 18.8 Å². The van der Waals surface area contributed by atoms with E-state index in [0.717, 1.165) is 5.56 Å². The van der Waals surface area contributed by atoms with Crippen molar-refractivity contribution in [3.8, 4) is 5.75 Å². The predicted molar refractivity (Wildman–Crippen MR) is 218 cm³/mol. The van der Waals surface area contributed by atoms with E-state index in [1.54, 1.807) is 94.4 Å². The fourth-order valence-electron chi connectivity index (χ4n) is 6.27. The smallest absolute Gasteiger partial charge is 0.316 e. The van der Waals surface area contributed by atoms with Crippen molar-refractivity contribution >= 4 is 39.5 Å². The zero-order valence-electron chi connectivity index (χ0n) is 33.8. The second-order valence-corrected chi connectivity index (χ2v) is 17.5. The first-order valence-corrected chi connectivity index (χ1v) is 21.0. The van der Waals surface area contributed by atoms with Crippen molar-refractivity contribution < 1.29 is 42.2 Å². The maximum absolute atomic E-state index is 13.9. The van der Waals surface area contributed by atoms with Crippen LogP contribution in [0.25, 0.3) is 0 Å². The Morgan fingerprint density at radius 2 is 1.50 bits per heavy atom. The van der Waals surface area contributed by atoms with Gasteiger partial charge in [0, 0.05) is 13.0 Å². The molecule has 2 aliphatic rings. The lowest BCUT2D eigenvalue weighted by Gasteiger charge is -2.30. The summed E-state index contributed by atoms with van der Waals surface area (Å²) in [6.45, 7) is 10.7. The van der Waals surface area contributed by atoms with Gasteiger partial charge in [-0.3, -0.25) is 19.2 Å². The summed E-state index contributed by atoms with van der Waals surface area (Å²) >= 11 is 0. The van der Waals surface area contributed by atoms with E-state index in [9.17, 15) is 37.5 Å². The molecular weight excluding hydrogens is 765 g/mol. The van der Waals surface area contributed by atoms with Crippen LogP contribution in [-0.4, -0.2) is 92.0 Å². The first kappa shape index (κ1) is 45.2. The summed E-state index contributed by atoms with van der Waals surface area (Å²) in [7, 11) is -3.96. The number of benzene rings is 3. The Hall–Kier alpha value is -5.48. The fourth-order valence-corrected chi connectivity index (χ4v) is 7.46. The number of ether oxygens (including phenoxy) is 1. The zero-order valence-corrected chi connectivity index (χ0v) is 34.6. The maximum atomic E-state index is 13.9. The van der Waals surface area contributed by atoms with Crippen molar-refractivity contribution in [3.05, 3.63) is 95.6 Å². The minimum Gasteiger partial charge on any atom is -0.494 e. The van der Waals surface area contributed by atoms with Crippen molar-refractivity contribution in [2.75, 3.05) is 13.2 Å². The van der Waals surface area contributed by atoms with Crippen molar-refractivity contribution in [1.29, 1.82) is 0 Å². The Labute approximate surface area is 340 Å². The lowest BCUT2D eigenvalue weighted by Crippen LogP contribution is -2.61. The standard InChI is InChI=1S/C42H56N6O9S/c1-25(2)35-39(51)43-21-10-22-57-31-17-15-30(16-18-31)24-34(38(50)47-35)46-41(53)37(49)33(23-29-11-8-7-9-12-29)45-40(52)36(26(3)4)48-42(54)44-28(6)58(55,56)32-19-13-27(5)14-20-32/h7-9,11-20,25-26,28,33-37,49H,10,21-24H2,1-6H3,(H,43,51)(H,45,52)(H,46,53)(H,47,50)(H2,44,48,54)/t28-,33+,34+,35+,36+,37-/m1/s1. The van der Waals surface area contributed by atoms with E-state index in [1.807, 2.05) is 6.92 Å². The summed E-state index contributed by atoms with van der Waals surface area (Å²) in [5.41, 5.74) is 2.20. The molecule has 2 heterocycles. The lowest BCUT2D eigenvalue weighted by atomic mass is 9.97. The molecule has 6 atom stereocenters. The molecule has 7 N–H and O–H groups in total. The maximum Gasteiger partial charge on any atom is 0.316 e. The highest BCUT2D eigenvalue weighted by atomic mass is 32.2. The van der Waals surface area contributed by atoms with Crippen LogP contribution in [-0.2, 0) is 41.9 Å². The van der Waals surface area contributed by atoms with Gasteiger partial charge in [-0.1, -0.05) is 87.9 Å². The SMILES string of the molecule is Cc1ccc(S(=O)(=O)[C@H](C)NC(=O)N[C@H](C(=O)N[C@@H](Cc2ccccc2)[C@@H](O)C(=O)N[C@H]2Cc3ccc(cc3)OCCCNC(=O)[C@H](C(C)C)NC2=O)C(C)C)cc1. The first-order valence-electron chi connectivity index (χ1n) is 19.5. The largest absolute Gasteiger partial charge is 0.494 e. The van der Waals surface area contributed by atoms with E-state index in [1.165, 1.54) is 19.1 Å². The Morgan fingerprint density at radius 1 is 0.845 bits per heavy atom. The summed E-state index contributed by atoms with van der Waals surface area (Å²) in [5.74, 6) is -2.97. The number of amides is 6. The van der Waals surface area contributed by atoms with Gasteiger partial charge >= 0.3 is 6.03 Å². The Balaban J connectivity index is 1.54. The molecule has 16 heteroatoms. The number of nitrogens with one attached hydrogen (secondary N) is 6. The van der Waals surface area contributed by atoms with E-state index < -0.39 is 81.1 Å². The number of hydrogen-bond donors (Lipinski definition) is 7. The van der Waals surface area contributed by atoms with E-state index in [0.29, 0.717) is 36.4 Å². The molecule has 0 aliphatic carbocycles. The van der Waals surface area contributed by atoms with Gasteiger partial charge in [-0.15, -0.1) is 0 Å². The minimum atomic E-state index is -3.96. The van der Waals surface area contributed by atoms with Crippen LogP contribution in [0.5, 0.6) is 5.75 Å². The van der Waals surface area contributed by atoms with Crippen LogP contribution in [0.3, 0.4) is 0 Å². The fraction of sp³-hybridized carbons (Fsp3) is 0.452. The van der Waals surface area contributed by atoms with Crippen LogP contribution < -0.4 is 36.6 Å². The number of aliphatic hydroxyl groups is 1. The molecule has 2 bridgehead atoms. The summed E-state index contributed by atoms with van der Waals surface area (Å²) in [4.78, 5) is 67.9. The number of sulfone groups is 1. The third kappa shape index (κ3) is 12.8. The molecule has 0 unspecified atom stereocenters. The third-order valence-electron chi connectivity index (χ3n) is 9.79. The van der Waals surface area contributed by atoms with Gasteiger partial charge in [-0.2, -0.15) is 0 Å². The number of fused-ring (bicyclic) bond motifs is 12. The molecular formula is C42H56N6O9S. The van der Waals surface area contributed by atoms with Gasteiger partial charge in [0.25, 0.3) is 5.91 Å². The molecule has 0 radical (unpaired) electrons. The molecule has 15 nitrogen and oxygen atoms in total. The number of hydrogen-bond acceptors (Lipinski definition) is 9. The van der Waals surface area contributed by atoms with Gasteiger partial charge in [0.2, 0.25) is 17.7 Å². The predicted octanol–water partition coefficient (Wildman–Crippen LogP) is 2.29. The number of carbonyl (C=O) groups is 5. The van der Waals surface area contributed by atoms with Gasteiger partial charge in [0.15, 0.2) is 15.9 Å². The van der Waals surface area contributed by atoms with E-state index >= 15 is 0 Å². The summed E-state index contributed by atoms with van der Waals surface area (Å²) in [5, 5.41) is 26.2. The normalized spacial score (nSPS) is 18.6. The molecule has 0 aromatic heterocycles. The lowest BCUT2D eigenvalue weighted by molar-refractivity contribution is -0.137. The minimum absolute atomic E-state index is 0.000764. The highest BCUT2D eigenvalue weighted by Gasteiger charge is 2.36. The average Bonchev–Trinajstić information content (AvgIpc) is 3.19. The van der Waals surface area contributed by atoms with Gasteiger partial charge < -0.3 is 41.7 Å². The zero-order chi connectivity index (χ0) is 42.6. The monoisotopic (exact) mass is 820 g/mol. The molecule has 3 aromatic rings. The average molecular weight is 821 g/mol. The van der Waals surface area contributed by atoms with Gasteiger partial charge in [-0.05, 0) is 73.9 Å². The van der Waals surface area contributed by atoms with Crippen LogP contribution in [0.1, 0.15) is 57.7 Å². The summed E-state index contributed by atoms with van der Waals surface area (Å²) < 4.78 is 32.1. The number of aliphatic hydroxyl groups excluding tert-OH is 1. The Morgan fingerprint density at radius 3 is 2.12 bits per heavy atom. The molecule has 314 valence electrons. The van der Waals surface area contributed by atoms with Crippen LogP contribution in [0.2, 0.25) is 0 Å². The van der Waals surface area contributed by atoms with Crippen LogP contribution >= 0.6 is 0 Å². The number of aryl methyl sites for hydroxylation is 1. The van der Waals surface area contributed by atoms with E-state index in [4.69, 9.17) is 4.74 Å². The van der Waals surface area contributed by atoms with Crippen LogP contribution in [0.4, 0.5) is 4.79 Å². The molecule has 2 aliphatic heterocycles. The second kappa shape index (κ2) is 20.8. The highest BCUT2D eigenvalue weighted by molar-refractivity contribution is 7.92. The van der Waals surface area contributed by atoms with Gasteiger partial charge in [-0.25, -0.2) is 13.2 Å². The number of rotatable bonds is 13.